The Labute approximate surface area is 128 Å². The Morgan fingerprint density at radius 3 is 2.70 bits per heavy atom. The molecule has 0 saturated carbocycles. The van der Waals surface area contributed by atoms with Gasteiger partial charge >= 0.3 is 0 Å². The van der Waals surface area contributed by atoms with Gasteiger partial charge < -0.3 is 15.8 Å². The van der Waals surface area contributed by atoms with Crippen LogP contribution in [0.1, 0.15) is 18.4 Å². The van der Waals surface area contributed by atoms with Crippen molar-refractivity contribution in [1.82, 2.24) is 5.32 Å². The van der Waals surface area contributed by atoms with Crippen molar-refractivity contribution in [3.8, 4) is 0 Å². The van der Waals surface area contributed by atoms with E-state index >= 15 is 0 Å². The second kappa shape index (κ2) is 7.22. The molecule has 1 aliphatic heterocycles. The number of hydrogen-bond acceptors (Lipinski definition) is 3. The largest absolute Gasteiger partial charge is 0.381 e. The first kappa shape index (κ1) is 17.2. The molecule has 1 saturated heterocycles. The Bertz CT molecular complexity index is 459. The fourth-order valence-electron chi connectivity index (χ4n) is 2.01. The van der Waals surface area contributed by atoms with Gasteiger partial charge in [-0.3, -0.25) is 4.79 Å². The van der Waals surface area contributed by atoms with Crippen molar-refractivity contribution in [1.29, 1.82) is 0 Å². The van der Waals surface area contributed by atoms with Crippen molar-refractivity contribution in [3.05, 3.63) is 34.6 Å². The van der Waals surface area contributed by atoms with Crippen molar-refractivity contribution in [2.24, 2.45) is 5.73 Å². The molecule has 1 fully saturated rings. The van der Waals surface area contributed by atoms with Crippen LogP contribution in [0.3, 0.4) is 0 Å². The maximum Gasteiger partial charge on any atom is 0.240 e. The highest BCUT2D eigenvalue weighted by Gasteiger charge is 2.35. The molecule has 20 heavy (non-hydrogen) atoms. The maximum atomic E-state index is 13.6. The van der Waals surface area contributed by atoms with Gasteiger partial charge in [0.1, 0.15) is 5.82 Å². The van der Waals surface area contributed by atoms with Gasteiger partial charge in [-0.1, -0.05) is 17.7 Å². The first-order valence-electron chi connectivity index (χ1n) is 6.11. The van der Waals surface area contributed by atoms with E-state index < -0.39 is 11.4 Å². The second-order valence-electron chi connectivity index (χ2n) is 4.65. The summed E-state index contributed by atoms with van der Waals surface area (Å²) in [6, 6.07) is 4.41. The van der Waals surface area contributed by atoms with E-state index in [1.165, 1.54) is 12.1 Å². The molecule has 0 aromatic heterocycles. The van der Waals surface area contributed by atoms with E-state index in [1.807, 2.05) is 0 Å². The number of nitrogens with two attached hydrogens (primary N) is 1. The summed E-state index contributed by atoms with van der Waals surface area (Å²) in [6.45, 7) is 0.957. The lowest BCUT2D eigenvalue weighted by atomic mass is 9.90. The first-order valence-corrected chi connectivity index (χ1v) is 6.48. The number of carbonyl (C=O) groups is 1. The lowest BCUT2D eigenvalue weighted by Gasteiger charge is -2.31. The molecule has 3 N–H and O–H groups in total. The van der Waals surface area contributed by atoms with E-state index in [1.54, 1.807) is 6.07 Å². The minimum Gasteiger partial charge on any atom is -0.381 e. The van der Waals surface area contributed by atoms with Crippen LogP contribution >= 0.6 is 24.0 Å². The molecule has 1 aromatic carbocycles. The molecular formula is C13H17Cl2FN2O2. The first-order chi connectivity index (χ1) is 9.03. The average Bonchev–Trinajstić information content (AvgIpc) is 2.38. The van der Waals surface area contributed by atoms with Crippen LogP contribution in [0.25, 0.3) is 0 Å². The summed E-state index contributed by atoms with van der Waals surface area (Å²) in [6.07, 6.45) is 0.924. The minimum absolute atomic E-state index is 0. The van der Waals surface area contributed by atoms with Crippen molar-refractivity contribution >= 4 is 29.9 Å². The highest BCUT2D eigenvalue weighted by Crippen LogP contribution is 2.20. The third kappa shape index (κ3) is 3.82. The molecule has 0 aliphatic carbocycles. The second-order valence-corrected chi connectivity index (χ2v) is 5.06. The lowest BCUT2D eigenvalue weighted by Crippen LogP contribution is -2.56. The fourth-order valence-corrected chi connectivity index (χ4v) is 2.24. The molecule has 112 valence electrons. The molecule has 0 spiro atoms. The molecule has 4 nitrogen and oxygen atoms in total. The SMILES string of the molecule is Cl.NC1(C(=O)NCc2c(F)cccc2Cl)CCOCC1. The molecule has 0 unspecified atom stereocenters. The van der Waals surface area contributed by atoms with Gasteiger partial charge in [0.05, 0.1) is 5.54 Å². The van der Waals surface area contributed by atoms with Crippen molar-refractivity contribution in [2.45, 2.75) is 24.9 Å². The summed E-state index contributed by atoms with van der Waals surface area (Å²) in [5.74, 6) is -0.735. The quantitative estimate of drug-likeness (QED) is 0.894. The van der Waals surface area contributed by atoms with Crippen LogP contribution in [0.4, 0.5) is 4.39 Å². The Morgan fingerprint density at radius 2 is 2.10 bits per heavy atom. The van der Waals surface area contributed by atoms with Gasteiger partial charge in [0.25, 0.3) is 0 Å². The Hall–Kier alpha value is -0.880. The number of amides is 1. The highest BCUT2D eigenvalue weighted by molar-refractivity contribution is 6.31. The zero-order chi connectivity index (χ0) is 13.9. The summed E-state index contributed by atoms with van der Waals surface area (Å²) in [5.41, 5.74) is 5.36. The number of benzene rings is 1. The van der Waals surface area contributed by atoms with Crippen LogP contribution in [-0.4, -0.2) is 24.7 Å². The van der Waals surface area contributed by atoms with E-state index in [0.29, 0.717) is 31.1 Å². The number of carbonyl (C=O) groups excluding carboxylic acids is 1. The van der Waals surface area contributed by atoms with Gasteiger partial charge in [-0.05, 0) is 25.0 Å². The van der Waals surface area contributed by atoms with Crippen LogP contribution in [-0.2, 0) is 16.1 Å². The van der Waals surface area contributed by atoms with Gasteiger partial charge in [-0.25, -0.2) is 4.39 Å². The predicted molar refractivity (Wildman–Crippen MR) is 77.5 cm³/mol. The van der Waals surface area contributed by atoms with Crippen LogP contribution < -0.4 is 11.1 Å². The normalized spacial score (nSPS) is 17.1. The number of nitrogens with one attached hydrogen (secondary N) is 1. The van der Waals surface area contributed by atoms with Crippen molar-refractivity contribution in [3.63, 3.8) is 0 Å². The molecule has 2 rings (SSSR count). The summed E-state index contributed by atoms with van der Waals surface area (Å²) < 4.78 is 18.7. The molecule has 7 heteroatoms. The highest BCUT2D eigenvalue weighted by atomic mass is 35.5. The van der Waals surface area contributed by atoms with Gasteiger partial charge in [-0.15, -0.1) is 12.4 Å². The van der Waals surface area contributed by atoms with Gasteiger partial charge in [0.2, 0.25) is 5.91 Å². The van der Waals surface area contributed by atoms with Gasteiger partial charge in [-0.2, -0.15) is 0 Å². The van der Waals surface area contributed by atoms with Crippen molar-refractivity contribution in [2.75, 3.05) is 13.2 Å². The van der Waals surface area contributed by atoms with Gasteiger partial charge in [0.15, 0.2) is 0 Å². The van der Waals surface area contributed by atoms with E-state index in [-0.39, 0.29) is 30.4 Å². The molecule has 0 atom stereocenters. The smallest absolute Gasteiger partial charge is 0.240 e. The third-order valence-corrected chi connectivity index (χ3v) is 3.68. The standard InChI is InChI=1S/C13H16ClFN2O2.ClH/c14-10-2-1-3-11(15)9(10)8-17-12(18)13(16)4-6-19-7-5-13;/h1-3H,4-8,16H2,(H,17,18);1H. The summed E-state index contributed by atoms with van der Waals surface area (Å²) in [4.78, 5) is 12.1. The maximum absolute atomic E-state index is 13.6. The zero-order valence-electron chi connectivity index (χ0n) is 10.8. The van der Waals surface area contributed by atoms with E-state index in [4.69, 9.17) is 22.1 Å². The fraction of sp³-hybridized carbons (Fsp3) is 0.462. The molecule has 1 aliphatic rings. The Morgan fingerprint density at radius 1 is 1.45 bits per heavy atom. The summed E-state index contributed by atoms with van der Waals surface area (Å²) in [5, 5.41) is 2.94. The topological polar surface area (TPSA) is 64.4 Å². The number of hydrogen-bond donors (Lipinski definition) is 2. The van der Waals surface area contributed by atoms with Gasteiger partial charge in [0, 0.05) is 30.3 Å². The molecule has 1 heterocycles. The summed E-state index contributed by atoms with van der Waals surface area (Å²) >= 11 is 5.89. The molecular weight excluding hydrogens is 306 g/mol. The van der Waals surface area contributed by atoms with Crippen LogP contribution in [0.5, 0.6) is 0 Å². The average molecular weight is 323 g/mol. The Kier molecular flexibility index (Phi) is 6.20. The van der Waals surface area contributed by atoms with E-state index in [0.717, 1.165) is 0 Å². The number of rotatable bonds is 3. The van der Waals surface area contributed by atoms with E-state index in [2.05, 4.69) is 5.32 Å². The van der Waals surface area contributed by atoms with Crippen LogP contribution in [0.2, 0.25) is 5.02 Å². The third-order valence-electron chi connectivity index (χ3n) is 3.32. The monoisotopic (exact) mass is 322 g/mol. The molecule has 1 aromatic rings. The Balaban J connectivity index is 0.00000200. The minimum atomic E-state index is -0.935. The number of ether oxygens (including phenoxy) is 1. The lowest BCUT2D eigenvalue weighted by molar-refractivity contribution is -0.129. The van der Waals surface area contributed by atoms with Crippen LogP contribution in [0, 0.1) is 5.82 Å². The zero-order valence-corrected chi connectivity index (χ0v) is 12.4. The molecule has 0 radical (unpaired) electrons. The number of halogens is 3. The van der Waals surface area contributed by atoms with E-state index in [9.17, 15) is 9.18 Å². The summed E-state index contributed by atoms with van der Waals surface area (Å²) in [7, 11) is 0. The molecule has 1 amide bonds. The predicted octanol–water partition coefficient (Wildman–Crippen LogP) is 2.02. The van der Waals surface area contributed by atoms with Crippen molar-refractivity contribution < 1.29 is 13.9 Å². The van der Waals surface area contributed by atoms with Crippen LogP contribution in [0.15, 0.2) is 18.2 Å². The molecule has 0 bridgehead atoms.